The zero-order valence-corrected chi connectivity index (χ0v) is 7.31. The quantitative estimate of drug-likeness (QED) is 0.353. The SMILES string of the molecule is CC=C=C(CC)C(=O)OCC. The van der Waals surface area contributed by atoms with Crippen LogP contribution >= 0.6 is 0 Å². The molecular formula is C9H14O2. The zero-order chi connectivity index (χ0) is 8.69. The molecule has 0 aliphatic carbocycles. The number of hydrogen-bond acceptors (Lipinski definition) is 2. The van der Waals surface area contributed by atoms with E-state index in [0.717, 1.165) is 0 Å². The fourth-order valence-electron chi connectivity index (χ4n) is 0.698. The highest BCUT2D eigenvalue weighted by Gasteiger charge is 2.05. The van der Waals surface area contributed by atoms with Gasteiger partial charge in [0.1, 0.15) is 0 Å². The molecule has 0 saturated carbocycles. The lowest BCUT2D eigenvalue weighted by molar-refractivity contribution is -0.138. The summed E-state index contributed by atoms with van der Waals surface area (Å²) in [5.74, 6) is -0.256. The van der Waals surface area contributed by atoms with Crippen LogP contribution in [0.4, 0.5) is 0 Å². The van der Waals surface area contributed by atoms with E-state index in [0.29, 0.717) is 18.6 Å². The van der Waals surface area contributed by atoms with Crippen molar-refractivity contribution >= 4 is 5.97 Å². The van der Waals surface area contributed by atoms with Gasteiger partial charge in [0, 0.05) is 0 Å². The molecule has 0 heterocycles. The predicted octanol–water partition coefficient (Wildman–Crippen LogP) is 2.06. The minimum absolute atomic E-state index is 0.256. The van der Waals surface area contributed by atoms with Crippen molar-refractivity contribution in [3.63, 3.8) is 0 Å². The van der Waals surface area contributed by atoms with Crippen molar-refractivity contribution in [3.05, 3.63) is 17.4 Å². The van der Waals surface area contributed by atoms with Crippen LogP contribution in [0.1, 0.15) is 27.2 Å². The zero-order valence-electron chi connectivity index (χ0n) is 7.31. The largest absolute Gasteiger partial charge is 0.462 e. The lowest BCUT2D eigenvalue weighted by Gasteiger charge is -1.99. The van der Waals surface area contributed by atoms with Gasteiger partial charge in [0.25, 0.3) is 0 Å². The maximum absolute atomic E-state index is 11.0. The number of rotatable bonds is 3. The van der Waals surface area contributed by atoms with Crippen molar-refractivity contribution in [2.45, 2.75) is 27.2 Å². The van der Waals surface area contributed by atoms with Crippen molar-refractivity contribution in [1.82, 2.24) is 0 Å². The molecule has 0 aromatic heterocycles. The average Bonchev–Trinajstić information content (AvgIpc) is 2.00. The van der Waals surface area contributed by atoms with E-state index in [1.807, 2.05) is 13.8 Å². The number of ether oxygens (including phenoxy) is 1. The summed E-state index contributed by atoms with van der Waals surface area (Å²) in [4.78, 5) is 11.0. The summed E-state index contributed by atoms with van der Waals surface area (Å²) in [6, 6.07) is 0. The van der Waals surface area contributed by atoms with Crippen LogP contribution in [0.25, 0.3) is 0 Å². The van der Waals surface area contributed by atoms with Crippen LogP contribution < -0.4 is 0 Å². The lowest BCUT2D eigenvalue weighted by Crippen LogP contribution is -2.05. The molecule has 0 saturated heterocycles. The predicted molar refractivity (Wildman–Crippen MR) is 44.2 cm³/mol. The van der Waals surface area contributed by atoms with Gasteiger partial charge in [0.2, 0.25) is 0 Å². The van der Waals surface area contributed by atoms with Crippen molar-refractivity contribution in [2.75, 3.05) is 6.61 Å². The molecule has 2 nitrogen and oxygen atoms in total. The van der Waals surface area contributed by atoms with Gasteiger partial charge in [-0.05, 0) is 26.3 Å². The van der Waals surface area contributed by atoms with Crippen LogP contribution in [0.2, 0.25) is 0 Å². The van der Waals surface area contributed by atoms with Gasteiger partial charge in [-0.25, -0.2) is 4.79 Å². The van der Waals surface area contributed by atoms with Crippen LogP contribution in [0.5, 0.6) is 0 Å². The van der Waals surface area contributed by atoms with E-state index in [2.05, 4.69) is 5.73 Å². The Bertz CT molecular complexity index is 186. The fourth-order valence-corrected chi connectivity index (χ4v) is 0.698. The Labute approximate surface area is 67.6 Å². The molecule has 0 bridgehead atoms. The highest BCUT2D eigenvalue weighted by molar-refractivity contribution is 5.88. The van der Waals surface area contributed by atoms with Crippen molar-refractivity contribution in [2.24, 2.45) is 0 Å². The Morgan fingerprint density at radius 2 is 2.18 bits per heavy atom. The van der Waals surface area contributed by atoms with E-state index < -0.39 is 0 Å². The molecule has 62 valence electrons. The third-order valence-corrected chi connectivity index (χ3v) is 1.19. The molecule has 0 amide bonds. The minimum Gasteiger partial charge on any atom is -0.462 e. The van der Waals surface area contributed by atoms with E-state index in [4.69, 9.17) is 4.74 Å². The summed E-state index contributed by atoms with van der Waals surface area (Å²) < 4.78 is 4.79. The first-order valence-corrected chi connectivity index (χ1v) is 3.83. The first kappa shape index (κ1) is 9.99. The topological polar surface area (TPSA) is 26.3 Å². The van der Waals surface area contributed by atoms with Crippen LogP contribution in [0, 0.1) is 0 Å². The molecule has 0 spiro atoms. The summed E-state index contributed by atoms with van der Waals surface area (Å²) in [7, 11) is 0. The van der Waals surface area contributed by atoms with Crippen LogP contribution in [-0.4, -0.2) is 12.6 Å². The standard InChI is InChI=1S/C9H14O2/c1-4-7-8(5-2)9(10)11-6-3/h4H,5-6H2,1-3H3. The number of hydrogen-bond donors (Lipinski definition) is 0. The second-order valence-electron chi connectivity index (χ2n) is 1.99. The first-order valence-electron chi connectivity index (χ1n) is 3.83. The molecule has 2 heteroatoms. The van der Waals surface area contributed by atoms with Gasteiger partial charge < -0.3 is 4.74 Å². The van der Waals surface area contributed by atoms with Gasteiger partial charge >= 0.3 is 5.97 Å². The molecule has 0 N–H and O–H groups in total. The maximum Gasteiger partial charge on any atom is 0.341 e. The molecular weight excluding hydrogens is 140 g/mol. The van der Waals surface area contributed by atoms with Crippen LogP contribution in [-0.2, 0) is 9.53 Å². The molecule has 0 aromatic rings. The first-order chi connectivity index (χ1) is 5.26. The average molecular weight is 154 g/mol. The fraction of sp³-hybridized carbons (Fsp3) is 0.556. The minimum atomic E-state index is -0.256. The highest BCUT2D eigenvalue weighted by atomic mass is 16.5. The van der Waals surface area contributed by atoms with Crippen molar-refractivity contribution in [3.8, 4) is 0 Å². The Hall–Kier alpha value is -1.01. The number of carbonyl (C=O) groups excluding carboxylic acids is 1. The molecule has 0 rings (SSSR count). The van der Waals surface area contributed by atoms with Gasteiger partial charge in [-0.3, -0.25) is 0 Å². The summed E-state index contributed by atoms with van der Waals surface area (Å²) in [6.07, 6.45) is 2.39. The van der Waals surface area contributed by atoms with Gasteiger partial charge in [-0.15, -0.1) is 5.73 Å². The summed E-state index contributed by atoms with van der Waals surface area (Å²) in [5, 5.41) is 0. The van der Waals surface area contributed by atoms with E-state index in [-0.39, 0.29) is 5.97 Å². The lowest BCUT2D eigenvalue weighted by atomic mass is 10.2. The van der Waals surface area contributed by atoms with Crippen molar-refractivity contribution in [1.29, 1.82) is 0 Å². The molecule has 0 unspecified atom stereocenters. The molecule has 11 heavy (non-hydrogen) atoms. The number of carbonyl (C=O) groups is 1. The Kier molecular flexibility index (Phi) is 5.22. The molecule has 0 fully saturated rings. The third-order valence-electron chi connectivity index (χ3n) is 1.19. The van der Waals surface area contributed by atoms with E-state index in [1.165, 1.54) is 0 Å². The maximum atomic E-state index is 11.0. The molecule has 0 aromatic carbocycles. The van der Waals surface area contributed by atoms with Gasteiger partial charge in [0.15, 0.2) is 0 Å². The Morgan fingerprint density at radius 3 is 2.55 bits per heavy atom. The summed E-state index contributed by atoms with van der Waals surface area (Å²) >= 11 is 0. The Balaban J connectivity index is 4.27. The monoisotopic (exact) mass is 154 g/mol. The van der Waals surface area contributed by atoms with Gasteiger partial charge in [-0.1, -0.05) is 6.92 Å². The van der Waals surface area contributed by atoms with Gasteiger partial charge in [-0.2, -0.15) is 0 Å². The van der Waals surface area contributed by atoms with Gasteiger partial charge in [0.05, 0.1) is 12.2 Å². The van der Waals surface area contributed by atoms with E-state index in [9.17, 15) is 4.79 Å². The summed E-state index contributed by atoms with van der Waals surface area (Å²) in [6.45, 7) is 5.95. The van der Waals surface area contributed by atoms with E-state index >= 15 is 0 Å². The Morgan fingerprint density at radius 1 is 1.55 bits per heavy atom. The third kappa shape index (κ3) is 3.64. The van der Waals surface area contributed by atoms with E-state index in [1.54, 1.807) is 13.0 Å². The molecule has 0 radical (unpaired) electrons. The van der Waals surface area contributed by atoms with Crippen LogP contribution in [0.3, 0.4) is 0 Å². The molecule has 0 aliphatic heterocycles. The van der Waals surface area contributed by atoms with Crippen molar-refractivity contribution < 1.29 is 9.53 Å². The second kappa shape index (κ2) is 5.75. The summed E-state index contributed by atoms with van der Waals surface area (Å²) in [5.41, 5.74) is 3.44. The highest BCUT2D eigenvalue weighted by Crippen LogP contribution is 2.00. The molecule has 0 atom stereocenters. The molecule has 0 aliphatic rings. The number of esters is 1. The smallest absolute Gasteiger partial charge is 0.341 e. The second-order valence-corrected chi connectivity index (χ2v) is 1.99. The normalized spacial score (nSPS) is 8.27. The van der Waals surface area contributed by atoms with Crippen LogP contribution in [0.15, 0.2) is 17.4 Å².